The first-order chi connectivity index (χ1) is 13.6. The Labute approximate surface area is 164 Å². The summed E-state index contributed by atoms with van der Waals surface area (Å²) in [5.41, 5.74) is 3.29. The van der Waals surface area contributed by atoms with E-state index in [4.69, 9.17) is 0 Å². The molecule has 2 N–H and O–H groups in total. The number of piperidine rings is 1. The van der Waals surface area contributed by atoms with Crippen molar-refractivity contribution in [2.75, 3.05) is 18.4 Å². The molecule has 0 bridgehead atoms. The SMILES string of the molecule is Cc1ccc2c(NC(=O)N3CCC([C@H](O)c4ccccn4)CC3)cccc2n1. The van der Waals surface area contributed by atoms with Crippen molar-refractivity contribution in [3.63, 3.8) is 0 Å². The number of anilines is 1. The molecule has 0 aliphatic carbocycles. The number of urea groups is 1. The molecule has 3 heterocycles. The van der Waals surface area contributed by atoms with Gasteiger partial charge in [-0.25, -0.2) is 4.79 Å². The maximum atomic E-state index is 12.7. The van der Waals surface area contributed by atoms with Crippen molar-refractivity contribution in [3.8, 4) is 0 Å². The summed E-state index contributed by atoms with van der Waals surface area (Å²) in [5, 5.41) is 14.5. The van der Waals surface area contributed by atoms with E-state index in [0.717, 1.165) is 35.1 Å². The third-order valence-electron chi connectivity index (χ3n) is 5.38. The van der Waals surface area contributed by atoms with Gasteiger partial charge in [-0.1, -0.05) is 12.1 Å². The van der Waals surface area contributed by atoms with Crippen LogP contribution in [0.5, 0.6) is 0 Å². The van der Waals surface area contributed by atoms with E-state index in [1.165, 1.54) is 0 Å². The number of carbonyl (C=O) groups excluding carboxylic acids is 1. The van der Waals surface area contributed by atoms with E-state index in [1.54, 1.807) is 6.20 Å². The van der Waals surface area contributed by atoms with Crippen LogP contribution in [0.3, 0.4) is 0 Å². The second kappa shape index (κ2) is 7.94. The fourth-order valence-corrected chi connectivity index (χ4v) is 3.77. The minimum Gasteiger partial charge on any atom is -0.387 e. The number of nitrogens with one attached hydrogen (secondary N) is 1. The summed E-state index contributed by atoms with van der Waals surface area (Å²) in [6.45, 7) is 3.18. The van der Waals surface area contributed by atoms with Gasteiger partial charge in [-0.3, -0.25) is 9.97 Å². The van der Waals surface area contributed by atoms with Gasteiger partial charge >= 0.3 is 6.03 Å². The molecule has 1 aliphatic heterocycles. The molecule has 0 unspecified atom stereocenters. The molecular weight excluding hydrogens is 352 g/mol. The van der Waals surface area contributed by atoms with Gasteiger partial charge in [0.1, 0.15) is 0 Å². The van der Waals surface area contributed by atoms with Gasteiger partial charge in [-0.05, 0) is 62.1 Å². The molecule has 1 saturated heterocycles. The van der Waals surface area contributed by atoms with Crippen LogP contribution < -0.4 is 5.32 Å². The average molecular weight is 376 g/mol. The lowest BCUT2D eigenvalue weighted by Crippen LogP contribution is -2.42. The van der Waals surface area contributed by atoms with Crippen molar-refractivity contribution in [1.29, 1.82) is 0 Å². The number of rotatable bonds is 3. The van der Waals surface area contributed by atoms with Crippen LogP contribution >= 0.6 is 0 Å². The third-order valence-corrected chi connectivity index (χ3v) is 5.38. The number of nitrogens with zero attached hydrogens (tertiary/aromatic N) is 3. The zero-order valence-electron chi connectivity index (χ0n) is 15.9. The molecule has 6 heteroatoms. The summed E-state index contributed by atoms with van der Waals surface area (Å²) >= 11 is 0. The molecular formula is C22H24N4O2. The average Bonchev–Trinajstić information content (AvgIpc) is 2.74. The first-order valence-corrected chi connectivity index (χ1v) is 9.63. The molecule has 0 saturated carbocycles. The van der Waals surface area contributed by atoms with Crippen LogP contribution in [0.1, 0.15) is 30.3 Å². The van der Waals surface area contributed by atoms with Crippen molar-refractivity contribution in [1.82, 2.24) is 14.9 Å². The van der Waals surface area contributed by atoms with Crippen LogP contribution in [-0.2, 0) is 0 Å². The molecule has 0 spiro atoms. The lowest BCUT2D eigenvalue weighted by molar-refractivity contribution is 0.0652. The molecule has 2 aromatic heterocycles. The van der Waals surface area contributed by atoms with E-state index >= 15 is 0 Å². The molecule has 3 aromatic rings. The summed E-state index contributed by atoms with van der Waals surface area (Å²) in [7, 11) is 0. The van der Waals surface area contributed by atoms with Gasteiger partial charge in [-0.2, -0.15) is 0 Å². The zero-order valence-corrected chi connectivity index (χ0v) is 15.9. The number of hydrogen-bond acceptors (Lipinski definition) is 4. The number of amides is 2. The van der Waals surface area contributed by atoms with E-state index in [0.29, 0.717) is 18.8 Å². The topological polar surface area (TPSA) is 78.4 Å². The fraction of sp³-hybridized carbons (Fsp3) is 0.318. The van der Waals surface area contributed by atoms with E-state index in [-0.39, 0.29) is 11.9 Å². The van der Waals surface area contributed by atoms with Crippen molar-refractivity contribution in [2.45, 2.75) is 25.9 Å². The molecule has 4 rings (SSSR count). The normalized spacial score (nSPS) is 16.1. The Kier molecular flexibility index (Phi) is 5.21. The monoisotopic (exact) mass is 376 g/mol. The summed E-state index contributed by atoms with van der Waals surface area (Å²) in [5.74, 6) is 0.115. The Morgan fingerprint density at radius 1 is 1.14 bits per heavy atom. The highest BCUT2D eigenvalue weighted by molar-refractivity contribution is 6.00. The second-order valence-corrected chi connectivity index (χ2v) is 7.28. The van der Waals surface area contributed by atoms with E-state index in [2.05, 4.69) is 15.3 Å². The number of aliphatic hydroxyl groups excluding tert-OH is 1. The molecule has 0 radical (unpaired) electrons. The van der Waals surface area contributed by atoms with Gasteiger partial charge in [0.2, 0.25) is 0 Å². The highest BCUT2D eigenvalue weighted by Gasteiger charge is 2.29. The lowest BCUT2D eigenvalue weighted by atomic mass is 9.89. The van der Waals surface area contributed by atoms with Crippen LogP contribution in [0, 0.1) is 12.8 Å². The first-order valence-electron chi connectivity index (χ1n) is 9.63. The number of aliphatic hydroxyl groups is 1. The Morgan fingerprint density at radius 2 is 1.96 bits per heavy atom. The summed E-state index contributed by atoms with van der Waals surface area (Å²) < 4.78 is 0. The Hall–Kier alpha value is -2.99. The highest BCUT2D eigenvalue weighted by atomic mass is 16.3. The molecule has 1 fully saturated rings. The third kappa shape index (κ3) is 3.82. The number of fused-ring (bicyclic) bond motifs is 1. The first kappa shape index (κ1) is 18.4. The molecule has 1 aromatic carbocycles. The van der Waals surface area contributed by atoms with Gasteiger partial charge in [-0.15, -0.1) is 0 Å². The zero-order chi connectivity index (χ0) is 19.5. The predicted molar refractivity (Wildman–Crippen MR) is 109 cm³/mol. The van der Waals surface area contributed by atoms with Crippen molar-refractivity contribution in [3.05, 3.63) is 66.1 Å². The van der Waals surface area contributed by atoms with Gasteiger partial charge in [0.15, 0.2) is 0 Å². The molecule has 1 aliphatic rings. The maximum absolute atomic E-state index is 12.7. The highest BCUT2D eigenvalue weighted by Crippen LogP contribution is 2.30. The van der Waals surface area contributed by atoms with Gasteiger partial charge in [0, 0.05) is 30.4 Å². The number of pyridine rings is 2. The van der Waals surface area contributed by atoms with Crippen LogP contribution in [-0.4, -0.2) is 39.1 Å². The van der Waals surface area contributed by atoms with Gasteiger partial charge in [0.25, 0.3) is 0 Å². The van der Waals surface area contributed by atoms with Crippen LogP contribution in [0.15, 0.2) is 54.7 Å². The van der Waals surface area contributed by atoms with Crippen molar-refractivity contribution >= 4 is 22.6 Å². The number of aryl methyl sites for hydroxylation is 1. The van der Waals surface area contributed by atoms with Crippen LogP contribution in [0.25, 0.3) is 10.9 Å². The molecule has 2 amide bonds. The second-order valence-electron chi connectivity index (χ2n) is 7.28. The number of hydrogen-bond donors (Lipinski definition) is 2. The Morgan fingerprint density at radius 3 is 2.71 bits per heavy atom. The summed E-state index contributed by atoms with van der Waals surface area (Å²) in [4.78, 5) is 23.3. The Balaban J connectivity index is 1.40. The quantitative estimate of drug-likeness (QED) is 0.726. The Bertz CT molecular complexity index is 969. The smallest absolute Gasteiger partial charge is 0.321 e. The van der Waals surface area contributed by atoms with E-state index in [9.17, 15) is 9.90 Å². The maximum Gasteiger partial charge on any atom is 0.321 e. The van der Waals surface area contributed by atoms with Crippen molar-refractivity contribution < 1.29 is 9.90 Å². The van der Waals surface area contributed by atoms with E-state index in [1.807, 2.05) is 60.4 Å². The van der Waals surface area contributed by atoms with Crippen LogP contribution in [0.2, 0.25) is 0 Å². The van der Waals surface area contributed by atoms with E-state index < -0.39 is 6.10 Å². The minimum absolute atomic E-state index is 0.112. The molecule has 1 atom stereocenters. The standard InChI is InChI=1S/C22H24N4O2/c1-15-8-9-17-18(24-15)6-4-7-19(17)25-22(28)26-13-10-16(11-14-26)21(27)20-5-2-3-12-23-20/h2-9,12,16,21,27H,10-11,13-14H2,1H3,(H,25,28)/t21-/m0/s1. The largest absolute Gasteiger partial charge is 0.387 e. The summed E-state index contributed by atoms with van der Waals surface area (Å²) in [6, 6.07) is 15.1. The van der Waals surface area contributed by atoms with Gasteiger partial charge < -0.3 is 15.3 Å². The minimum atomic E-state index is -0.584. The van der Waals surface area contributed by atoms with Crippen LogP contribution in [0.4, 0.5) is 10.5 Å². The summed E-state index contributed by atoms with van der Waals surface area (Å²) in [6.07, 6.45) is 2.61. The number of benzene rings is 1. The lowest BCUT2D eigenvalue weighted by Gasteiger charge is -2.34. The number of aromatic nitrogens is 2. The molecule has 28 heavy (non-hydrogen) atoms. The number of carbonyl (C=O) groups is 1. The predicted octanol–water partition coefficient (Wildman–Crippen LogP) is 3.92. The van der Waals surface area contributed by atoms with Crippen molar-refractivity contribution in [2.24, 2.45) is 5.92 Å². The molecule has 144 valence electrons. The molecule has 6 nitrogen and oxygen atoms in total. The van der Waals surface area contributed by atoms with Gasteiger partial charge in [0.05, 0.1) is 23.0 Å². The number of likely N-dealkylation sites (tertiary alicyclic amines) is 1. The fourth-order valence-electron chi connectivity index (χ4n) is 3.77.